The van der Waals surface area contributed by atoms with Gasteiger partial charge in [-0.1, -0.05) is 53.4 Å². The molecule has 0 aliphatic heterocycles. The topological polar surface area (TPSA) is 78.5 Å². The first-order valence-electron chi connectivity index (χ1n) is 10.1. The molecule has 0 saturated carbocycles. The Balaban J connectivity index is 4.84. The van der Waals surface area contributed by atoms with E-state index in [1.807, 2.05) is 18.7 Å². The van der Waals surface area contributed by atoms with E-state index in [-0.39, 0.29) is 23.6 Å². The van der Waals surface area contributed by atoms with Crippen molar-refractivity contribution < 1.29 is 14.4 Å². The maximum absolute atomic E-state index is 12.8. The number of carbonyl (C=O) groups excluding carboxylic acids is 3. The van der Waals surface area contributed by atoms with Crippen LogP contribution in [0.4, 0.5) is 0 Å². The van der Waals surface area contributed by atoms with Crippen molar-refractivity contribution in [2.24, 2.45) is 5.92 Å². The van der Waals surface area contributed by atoms with Gasteiger partial charge in [0.05, 0.1) is 0 Å². The molecule has 26 heavy (non-hydrogen) atoms. The van der Waals surface area contributed by atoms with Gasteiger partial charge in [-0.05, 0) is 25.7 Å². The zero-order valence-electron chi connectivity index (χ0n) is 17.6. The quantitative estimate of drug-likeness (QED) is 0.490. The minimum Gasteiger partial charge on any atom is -0.344 e. The Morgan fingerprint density at radius 1 is 0.846 bits per heavy atom. The van der Waals surface area contributed by atoms with E-state index in [1.165, 1.54) is 6.92 Å². The zero-order valence-corrected chi connectivity index (χ0v) is 17.6. The second kappa shape index (κ2) is 13.6. The van der Waals surface area contributed by atoms with Crippen LogP contribution in [-0.4, -0.2) is 47.8 Å². The van der Waals surface area contributed by atoms with E-state index in [0.29, 0.717) is 0 Å². The highest BCUT2D eigenvalue weighted by Gasteiger charge is 2.27. The highest BCUT2D eigenvalue weighted by atomic mass is 16.2. The van der Waals surface area contributed by atoms with Gasteiger partial charge in [-0.2, -0.15) is 0 Å². The number of hydrogen-bond acceptors (Lipinski definition) is 3. The standard InChI is InChI=1S/C20H39N3O3/c1-7-9-11-13-23(14-12-10-8-2)20(26)16(5)21-19(25)18(15(3)4)22-17(6)24/h15-16,18H,7-14H2,1-6H3,(H,21,25)(H,22,24)/t16-,18+/m1/s1. The van der Waals surface area contributed by atoms with E-state index in [4.69, 9.17) is 0 Å². The van der Waals surface area contributed by atoms with Crippen LogP contribution in [0.5, 0.6) is 0 Å². The highest BCUT2D eigenvalue weighted by Crippen LogP contribution is 2.07. The number of carbonyl (C=O) groups is 3. The van der Waals surface area contributed by atoms with Crippen LogP contribution < -0.4 is 10.6 Å². The fourth-order valence-electron chi connectivity index (χ4n) is 2.83. The SMILES string of the molecule is CCCCCN(CCCCC)C(=O)[C@@H](C)NC(=O)[C@@H](NC(C)=O)C(C)C. The van der Waals surface area contributed by atoms with Gasteiger partial charge in [0.25, 0.3) is 0 Å². The van der Waals surface area contributed by atoms with Crippen molar-refractivity contribution in [1.82, 2.24) is 15.5 Å². The number of hydrogen-bond donors (Lipinski definition) is 2. The third kappa shape index (κ3) is 9.78. The molecule has 2 atom stereocenters. The van der Waals surface area contributed by atoms with Gasteiger partial charge in [-0.25, -0.2) is 0 Å². The third-order valence-electron chi connectivity index (χ3n) is 4.41. The summed E-state index contributed by atoms with van der Waals surface area (Å²) in [6.07, 6.45) is 6.36. The Morgan fingerprint density at radius 2 is 1.35 bits per heavy atom. The molecule has 3 amide bonds. The van der Waals surface area contributed by atoms with Crippen LogP contribution in [0, 0.1) is 5.92 Å². The monoisotopic (exact) mass is 369 g/mol. The van der Waals surface area contributed by atoms with Crippen LogP contribution in [0.2, 0.25) is 0 Å². The van der Waals surface area contributed by atoms with Gasteiger partial charge in [0.2, 0.25) is 17.7 Å². The molecule has 0 heterocycles. The van der Waals surface area contributed by atoms with Crippen molar-refractivity contribution >= 4 is 17.7 Å². The van der Waals surface area contributed by atoms with Gasteiger partial charge < -0.3 is 15.5 Å². The highest BCUT2D eigenvalue weighted by molar-refractivity contribution is 5.91. The average molecular weight is 370 g/mol. The summed E-state index contributed by atoms with van der Waals surface area (Å²) < 4.78 is 0. The van der Waals surface area contributed by atoms with Crippen molar-refractivity contribution in [3.05, 3.63) is 0 Å². The molecule has 0 fully saturated rings. The molecule has 0 spiro atoms. The summed E-state index contributed by atoms with van der Waals surface area (Å²) in [5.74, 6) is -0.654. The Kier molecular flexibility index (Phi) is 12.8. The normalized spacial score (nSPS) is 13.2. The molecule has 0 aromatic heterocycles. The van der Waals surface area contributed by atoms with Crippen LogP contribution in [0.1, 0.15) is 80.1 Å². The van der Waals surface area contributed by atoms with Gasteiger partial charge in [0.15, 0.2) is 0 Å². The second-order valence-electron chi connectivity index (χ2n) is 7.39. The number of nitrogens with zero attached hydrogens (tertiary/aromatic N) is 1. The predicted octanol–water partition coefficient (Wildman–Crippen LogP) is 2.86. The Hall–Kier alpha value is -1.59. The van der Waals surface area contributed by atoms with Crippen LogP contribution >= 0.6 is 0 Å². The maximum Gasteiger partial charge on any atom is 0.244 e. The number of rotatable bonds is 13. The minimum absolute atomic E-state index is 0.0455. The van der Waals surface area contributed by atoms with Crippen molar-refractivity contribution in [3.8, 4) is 0 Å². The average Bonchev–Trinajstić information content (AvgIpc) is 2.57. The van der Waals surface area contributed by atoms with Crippen LogP contribution in [0.15, 0.2) is 0 Å². The molecular formula is C20H39N3O3. The number of nitrogens with one attached hydrogen (secondary N) is 2. The van der Waals surface area contributed by atoms with Crippen LogP contribution in [0.25, 0.3) is 0 Å². The lowest BCUT2D eigenvalue weighted by Gasteiger charge is -2.28. The molecule has 6 nitrogen and oxygen atoms in total. The summed E-state index contributed by atoms with van der Waals surface area (Å²) in [6, 6.07) is -1.22. The zero-order chi connectivity index (χ0) is 20.1. The number of unbranched alkanes of at least 4 members (excludes halogenated alkanes) is 4. The fraction of sp³-hybridized carbons (Fsp3) is 0.850. The predicted molar refractivity (Wildman–Crippen MR) is 106 cm³/mol. The summed E-state index contributed by atoms with van der Waals surface area (Å²) in [7, 11) is 0. The molecule has 152 valence electrons. The first-order chi connectivity index (χ1) is 12.2. The summed E-state index contributed by atoms with van der Waals surface area (Å²) in [5.41, 5.74) is 0. The van der Waals surface area contributed by atoms with Gasteiger partial charge in [0.1, 0.15) is 12.1 Å². The lowest BCUT2D eigenvalue weighted by Crippen LogP contribution is -2.54. The Labute approximate surface area is 159 Å². The molecular weight excluding hydrogens is 330 g/mol. The molecule has 2 N–H and O–H groups in total. The molecule has 0 aromatic carbocycles. The second-order valence-corrected chi connectivity index (χ2v) is 7.39. The molecule has 0 aliphatic rings. The molecule has 6 heteroatoms. The third-order valence-corrected chi connectivity index (χ3v) is 4.41. The van der Waals surface area contributed by atoms with Crippen molar-refractivity contribution in [3.63, 3.8) is 0 Å². The van der Waals surface area contributed by atoms with Gasteiger partial charge in [0, 0.05) is 20.0 Å². The molecule has 0 saturated heterocycles. The summed E-state index contributed by atoms with van der Waals surface area (Å²) in [6.45, 7) is 12.6. The first-order valence-corrected chi connectivity index (χ1v) is 10.1. The molecule has 0 radical (unpaired) electrons. The molecule has 0 bridgehead atoms. The lowest BCUT2D eigenvalue weighted by atomic mass is 10.0. The maximum atomic E-state index is 12.8. The van der Waals surface area contributed by atoms with E-state index in [0.717, 1.165) is 51.6 Å². The number of amides is 3. The van der Waals surface area contributed by atoms with E-state index in [9.17, 15) is 14.4 Å². The fourth-order valence-corrected chi connectivity index (χ4v) is 2.83. The smallest absolute Gasteiger partial charge is 0.244 e. The summed E-state index contributed by atoms with van der Waals surface area (Å²) in [4.78, 5) is 38.5. The molecule has 0 unspecified atom stereocenters. The lowest BCUT2D eigenvalue weighted by molar-refractivity contribution is -0.137. The first kappa shape index (κ1) is 24.4. The van der Waals surface area contributed by atoms with Crippen LogP contribution in [-0.2, 0) is 14.4 Å². The summed E-state index contributed by atoms with van der Waals surface area (Å²) >= 11 is 0. The summed E-state index contributed by atoms with van der Waals surface area (Å²) in [5, 5.41) is 5.44. The van der Waals surface area contributed by atoms with Gasteiger partial charge in [-0.3, -0.25) is 14.4 Å². The van der Waals surface area contributed by atoms with E-state index in [2.05, 4.69) is 24.5 Å². The van der Waals surface area contributed by atoms with Gasteiger partial charge >= 0.3 is 0 Å². The van der Waals surface area contributed by atoms with Crippen LogP contribution in [0.3, 0.4) is 0 Å². The Bertz CT molecular complexity index is 428. The van der Waals surface area contributed by atoms with E-state index >= 15 is 0 Å². The van der Waals surface area contributed by atoms with E-state index < -0.39 is 12.1 Å². The molecule has 0 aromatic rings. The largest absolute Gasteiger partial charge is 0.344 e. The van der Waals surface area contributed by atoms with Crippen molar-refractivity contribution in [1.29, 1.82) is 0 Å². The minimum atomic E-state index is -0.628. The molecule has 0 rings (SSSR count). The van der Waals surface area contributed by atoms with Gasteiger partial charge in [-0.15, -0.1) is 0 Å². The Morgan fingerprint density at radius 3 is 1.73 bits per heavy atom. The molecule has 0 aliphatic carbocycles. The van der Waals surface area contributed by atoms with Crippen molar-refractivity contribution in [2.45, 2.75) is 92.2 Å². The van der Waals surface area contributed by atoms with E-state index in [1.54, 1.807) is 6.92 Å². The van der Waals surface area contributed by atoms with Crippen molar-refractivity contribution in [2.75, 3.05) is 13.1 Å².